The normalized spacial score (nSPS) is 14.0. The Kier molecular flexibility index (Phi) is 4.61. The second-order valence-electron chi connectivity index (χ2n) is 5.03. The minimum Gasteiger partial charge on any atom is -0.349 e. The van der Waals surface area contributed by atoms with E-state index < -0.39 is 0 Å². The summed E-state index contributed by atoms with van der Waals surface area (Å²) in [7, 11) is 0. The Morgan fingerprint density at radius 2 is 1.85 bits per heavy atom. The van der Waals surface area contributed by atoms with Gasteiger partial charge < -0.3 is 5.32 Å². The molecule has 0 saturated carbocycles. The SMILES string of the molecule is CC(CCl)C(C)NC(=O)c1ccc(F)c2ccccc12. The Morgan fingerprint density at radius 3 is 2.50 bits per heavy atom. The highest BCUT2D eigenvalue weighted by Gasteiger charge is 2.17. The van der Waals surface area contributed by atoms with Crippen molar-refractivity contribution in [2.45, 2.75) is 19.9 Å². The number of alkyl halides is 1. The first-order valence-electron chi connectivity index (χ1n) is 6.58. The van der Waals surface area contributed by atoms with Gasteiger partial charge in [0.05, 0.1) is 0 Å². The van der Waals surface area contributed by atoms with Crippen molar-refractivity contribution in [2.75, 3.05) is 5.88 Å². The number of amides is 1. The Balaban J connectivity index is 2.34. The van der Waals surface area contributed by atoms with E-state index in [1.165, 1.54) is 12.1 Å². The van der Waals surface area contributed by atoms with E-state index in [0.717, 1.165) is 0 Å². The fourth-order valence-corrected chi connectivity index (χ4v) is 2.29. The number of nitrogens with one attached hydrogen (secondary N) is 1. The Morgan fingerprint density at radius 1 is 1.20 bits per heavy atom. The first-order chi connectivity index (χ1) is 9.54. The number of hydrogen-bond donors (Lipinski definition) is 1. The monoisotopic (exact) mass is 293 g/mol. The molecule has 0 aromatic heterocycles. The number of carbonyl (C=O) groups is 1. The largest absolute Gasteiger partial charge is 0.349 e. The van der Waals surface area contributed by atoms with E-state index in [0.29, 0.717) is 22.2 Å². The summed E-state index contributed by atoms with van der Waals surface area (Å²) >= 11 is 5.79. The predicted molar refractivity (Wildman–Crippen MR) is 80.7 cm³/mol. The summed E-state index contributed by atoms with van der Waals surface area (Å²) in [4.78, 5) is 12.3. The maximum absolute atomic E-state index is 13.7. The third-order valence-electron chi connectivity index (χ3n) is 3.57. The standard InChI is InChI=1S/C16H17ClFNO/c1-10(9-17)11(2)19-16(20)14-7-8-15(18)13-6-4-3-5-12(13)14/h3-8,10-11H,9H2,1-2H3,(H,19,20). The van der Waals surface area contributed by atoms with Crippen LogP contribution in [0.2, 0.25) is 0 Å². The van der Waals surface area contributed by atoms with Crippen molar-refractivity contribution in [3.63, 3.8) is 0 Å². The number of halogens is 2. The van der Waals surface area contributed by atoms with Gasteiger partial charge in [0.15, 0.2) is 0 Å². The fourth-order valence-electron chi connectivity index (χ4n) is 2.02. The summed E-state index contributed by atoms with van der Waals surface area (Å²) in [6.07, 6.45) is 0. The van der Waals surface area contributed by atoms with E-state index in [1.54, 1.807) is 24.3 Å². The Hall–Kier alpha value is -1.61. The first kappa shape index (κ1) is 14.8. The molecule has 0 fully saturated rings. The maximum Gasteiger partial charge on any atom is 0.252 e. The smallest absolute Gasteiger partial charge is 0.252 e. The van der Waals surface area contributed by atoms with Crippen molar-refractivity contribution >= 4 is 28.3 Å². The summed E-state index contributed by atoms with van der Waals surface area (Å²) < 4.78 is 13.7. The van der Waals surface area contributed by atoms with Crippen LogP contribution in [0.25, 0.3) is 10.8 Å². The Bertz CT molecular complexity index is 629. The van der Waals surface area contributed by atoms with Gasteiger partial charge in [0.1, 0.15) is 5.82 Å². The molecule has 0 aliphatic carbocycles. The molecule has 2 unspecified atom stereocenters. The molecule has 0 heterocycles. The van der Waals surface area contributed by atoms with Crippen molar-refractivity contribution in [1.82, 2.24) is 5.32 Å². The summed E-state index contributed by atoms with van der Waals surface area (Å²) in [6, 6.07) is 9.78. The van der Waals surface area contributed by atoms with Crippen molar-refractivity contribution in [2.24, 2.45) is 5.92 Å². The first-order valence-corrected chi connectivity index (χ1v) is 7.12. The van der Waals surface area contributed by atoms with Gasteiger partial charge in [0, 0.05) is 22.9 Å². The molecule has 20 heavy (non-hydrogen) atoms. The van der Waals surface area contributed by atoms with Crippen LogP contribution in [0.4, 0.5) is 4.39 Å². The molecule has 0 bridgehead atoms. The molecule has 0 saturated heterocycles. The van der Waals surface area contributed by atoms with Gasteiger partial charge in [-0.25, -0.2) is 4.39 Å². The molecule has 1 N–H and O–H groups in total. The zero-order chi connectivity index (χ0) is 14.7. The molecular formula is C16H17ClFNO. The van der Waals surface area contributed by atoms with E-state index in [-0.39, 0.29) is 23.7 Å². The van der Waals surface area contributed by atoms with E-state index in [2.05, 4.69) is 5.32 Å². The summed E-state index contributed by atoms with van der Waals surface area (Å²) in [5.41, 5.74) is 0.482. The number of benzene rings is 2. The maximum atomic E-state index is 13.7. The quantitative estimate of drug-likeness (QED) is 0.849. The van der Waals surface area contributed by atoms with Crippen molar-refractivity contribution in [3.8, 4) is 0 Å². The van der Waals surface area contributed by atoms with E-state index >= 15 is 0 Å². The molecular weight excluding hydrogens is 277 g/mol. The Labute approximate surface area is 122 Å². The van der Waals surface area contributed by atoms with Gasteiger partial charge in [-0.2, -0.15) is 0 Å². The zero-order valence-electron chi connectivity index (χ0n) is 11.5. The van der Waals surface area contributed by atoms with Gasteiger partial charge in [-0.15, -0.1) is 11.6 Å². The highest BCUT2D eigenvalue weighted by atomic mass is 35.5. The van der Waals surface area contributed by atoms with Gasteiger partial charge in [-0.05, 0) is 30.4 Å². The van der Waals surface area contributed by atoms with Gasteiger partial charge in [0.2, 0.25) is 0 Å². The van der Waals surface area contributed by atoms with Crippen LogP contribution >= 0.6 is 11.6 Å². The van der Waals surface area contributed by atoms with Gasteiger partial charge in [-0.3, -0.25) is 4.79 Å². The lowest BCUT2D eigenvalue weighted by atomic mass is 10.0. The minimum absolute atomic E-state index is 0.0381. The topological polar surface area (TPSA) is 29.1 Å². The predicted octanol–water partition coefficient (Wildman–Crippen LogP) is 3.97. The van der Waals surface area contributed by atoms with E-state index in [4.69, 9.17) is 11.6 Å². The molecule has 0 spiro atoms. The average molecular weight is 294 g/mol. The van der Waals surface area contributed by atoms with Crippen LogP contribution in [-0.4, -0.2) is 17.8 Å². The highest BCUT2D eigenvalue weighted by Crippen LogP contribution is 2.22. The second-order valence-corrected chi connectivity index (χ2v) is 5.34. The highest BCUT2D eigenvalue weighted by molar-refractivity contribution is 6.18. The summed E-state index contributed by atoms with van der Waals surface area (Å²) in [5.74, 6) is 0.128. The zero-order valence-corrected chi connectivity index (χ0v) is 12.2. The molecule has 0 aliphatic heterocycles. The van der Waals surface area contributed by atoms with Gasteiger partial charge in [0.25, 0.3) is 5.91 Å². The minimum atomic E-state index is -0.320. The van der Waals surface area contributed by atoms with Crippen LogP contribution in [0.1, 0.15) is 24.2 Å². The van der Waals surface area contributed by atoms with Gasteiger partial charge >= 0.3 is 0 Å². The molecule has 2 aromatic carbocycles. The lowest BCUT2D eigenvalue weighted by Crippen LogP contribution is -2.37. The number of rotatable bonds is 4. The lowest BCUT2D eigenvalue weighted by Gasteiger charge is -2.19. The van der Waals surface area contributed by atoms with Crippen LogP contribution < -0.4 is 5.32 Å². The molecule has 2 nitrogen and oxygen atoms in total. The number of carbonyl (C=O) groups excluding carboxylic acids is 1. The molecule has 2 rings (SSSR count). The fraction of sp³-hybridized carbons (Fsp3) is 0.312. The molecule has 0 aliphatic rings. The van der Waals surface area contributed by atoms with Crippen LogP contribution in [0, 0.1) is 11.7 Å². The average Bonchev–Trinajstić information content (AvgIpc) is 2.46. The number of fused-ring (bicyclic) bond motifs is 1. The third-order valence-corrected chi connectivity index (χ3v) is 4.06. The molecule has 2 aromatic rings. The van der Waals surface area contributed by atoms with Gasteiger partial charge in [-0.1, -0.05) is 31.2 Å². The lowest BCUT2D eigenvalue weighted by molar-refractivity contribution is 0.0932. The number of hydrogen-bond acceptors (Lipinski definition) is 1. The summed E-state index contributed by atoms with van der Waals surface area (Å²) in [5, 5.41) is 3.99. The molecule has 1 amide bonds. The third kappa shape index (κ3) is 2.93. The molecule has 2 atom stereocenters. The summed E-state index contributed by atoms with van der Waals surface area (Å²) in [6.45, 7) is 3.89. The van der Waals surface area contributed by atoms with Crippen molar-refractivity contribution < 1.29 is 9.18 Å². The van der Waals surface area contributed by atoms with Crippen LogP contribution in [0.15, 0.2) is 36.4 Å². The molecule has 4 heteroatoms. The van der Waals surface area contributed by atoms with E-state index in [9.17, 15) is 9.18 Å². The second kappa shape index (κ2) is 6.23. The molecule has 106 valence electrons. The van der Waals surface area contributed by atoms with Crippen LogP contribution in [-0.2, 0) is 0 Å². The van der Waals surface area contributed by atoms with Crippen molar-refractivity contribution in [3.05, 3.63) is 47.8 Å². The van der Waals surface area contributed by atoms with Crippen LogP contribution in [0.5, 0.6) is 0 Å². The molecule has 0 radical (unpaired) electrons. The van der Waals surface area contributed by atoms with E-state index in [1.807, 2.05) is 13.8 Å². The van der Waals surface area contributed by atoms with Crippen molar-refractivity contribution in [1.29, 1.82) is 0 Å². The van der Waals surface area contributed by atoms with Crippen LogP contribution in [0.3, 0.4) is 0 Å².